The lowest BCUT2D eigenvalue weighted by atomic mass is 9.98. The van der Waals surface area contributed by atoms with E-state index in [1.54, 1.807) is 0 Å². The van der Waals surface area contributed by atoms with Gasteiger partial charge in [0.05, 0.1) is 0 Å². The number of hydrogen-bond acceptors (Lipinski definition) is 3. The number of carbonyl (C=O) groups excluding carboxylic acids is 2. The summed E-state index contributed by atoms with van der Waals surface area (Å²) in [7, 11) is 0. The van der Waals surface area contributed by atoms with Gasteiger partial charge in [-0.3, -0.25) is 15.0 Å². The van der Waals surface area contributed by atoms with Crippen LogP contribution in [0.3, 0.4) is 0 Å². The number of nitrogens with zero attached hydrogens (tertiary/aromatic N) is 1. The van der Waals surface area contributed by atoms with E-state index in [0.717, 1.165) is 36.1 Å². The third-order valence-corrected chi connectivity index (χ3v) is 6.02. The van der Waals surface area contributed by atoms with Crippen LogP contribution in [0.4, 0.5) is 5.69 Å². The molecule has 0 saturated carbocycles. The summed E-state index contributed by atoms with van der Waals surface area (Å²) in [5, 5.41) is 5.01. The third kappa shape index (κ3) is 4.89. The summed E-state index contributed by atoms with van der Waals surface area (Å²) in [6, 6.07) is 21.4. The van der Waals surface area contributed by atoms with Crippen LogP contribution in [0.5, 0.6) is 0 Å². The van der Waals surface area contributed by atoms with Crippen LogP contribution in [0.1, 0.15) is 56.8 Å². The highest BCUT2D eigenvalue weighted by Gasteiger charge is 2.21. The van der Waals surface area contributed by atoms with E-state index in [4.69, 9.17) is 0 Å². The molecular weight excluding hydrogens is 398 g/mol. The Bertz CT molecular complexity index is 1100. The minimum atomic E-state index is -0.104. The highest BCUT2D eigenvalue weighted by atomic mass is 16.2. The van der Waals surface area contributed by atoms with Crippen molar-refractivity contribution in [2.45, 2.75) is 39.7 Å². The van der Waals surface area contributed by atoms with Crippen molar-refractivity contribution < 1.29 is 9.59 Å². The van der Waals surface area contributed by atoms with E-state index in [1.165, 1.54) is 11.1 Å². The molecule has 3 aromatic carbocycles. The standard InChI is InChI=1S/C27H29N3O2/c1-3-19-8-12-21(13-9-19)26(31)28-25-7-5-6-23-18-30(17-16-24(23)25)29-27(32)22-14-10-20(4-2)11-15-22/h5-15H,3-4,16-18H2,1-2H3,(H,28,31)(H,29,32). The van der Waals surface area contributed by atoms with Gasteiger partial charge in [0.1, 0.15) is 0 Å². The summed E-state index contributed by atoms with van der Waals surface area (Å²) in [4.78, 5) is 25.4. The molecule has 1 aliphatic heterocycles. The van der Waals surface area contributed by atoms with E-state index in [-0.39, 0.29) is 11.8 Å². The molecule has 0 radical (unpaired) electrons. The number of aryl methyl sites for hydroxylation is 2. The molecule has 32 heavy (non-hydrogen) atoms. The molecule has 2 N–H and O–H groups in total. The lowest BCUT2D eigenvalue weighted by Gasteiger charge is -2.30. The second-order valence-electron chi connectivity index (χ2n) is 8.11. The molecule has 5 nitrogen and oxygen atoms in total. The zero-order valence-corrected chi connectivity index (χ0v) is 18.7. The van der Waals surface area contributed by atoms with Crippen molar-refractivity contribution in [2.75, 3.05) is 11.9 Å². The predicted molar refractivity (Wildman–Crippen MR) is 128 cm³/mol. The van der Waals surface area contributed by atoms with Crippen molar-refractivity contribution in [3.05, 3.63) is 100 Å². The van der Waals surface area contributed by atoms with Crippen molar-refractivity contribution >= 4 is 17.5 Å². The number of hydrazine groups is 1. The zero-order chi connectivity index (χ0) is 22.5. The van der Waals surface area contributed by atoms with Crippen LogP contribution >= 0.6 is 0 Å². The Labute approximate surface area is 189 Å². The van der Waals surface area contributed by atoms with E-state index >= 15 is 0 Å². The summed E-state index contributed by atoms with van der Waals surface area (Å²) in [6.45, 7) is 5.48. The molecule has 2 amide bonds. The van der Waals surface area contributed by atoms with Gasteiger partial charge in [0.2, 0.25) is 0 Å². The Kier molecular flexibility index (Phi) is 6.66. The Hall–Kier alpha value is -3.44. The van der Waals surface area contributed by atoms with Crippen LogP contribution in [-0.4, -0.2) is 23.4 Å². The maximum absolute atomic E-state index is 12.7. The first-order valence-electron chi connectivity index (χ1n) is 11.2. The number of rotatable bonds is 6. The van der Waals surface area contributed by atoms with E-state index in [0.29, 0.717) is 24.2 Å². The van der Waals surface area contributed by atoms with Gasteiger partial charge in [0, 0.05) is 29.9 Å². The lowest BCUT2D eigenvalue weighted by molar-refractivity contribution is 0.0764. The van der Waals surface area contributed by atoms with Gasteiger partial charge in [0.25, 0.3) is 11.8 Å². The molecule has 0 spiro atoms. The van der Waals surface area contributed by atoms with Crippen LogP contribution in [0, 0.1) is 0 Å². The van der Waals surface area contributed by atoms with Crippen molar-refractivity contribution in [1.29, 1.82) is 0 Å². The smallest absolute Gasteiger partial charge is 0.265 e. The zero-order valence-electron chi connectivity index (χ0n) is 18.7. The van der Waals surface area contributed by atoms with Crippen molar-refractivity contribution in [3.63, 3.8) is 0 Å². The molecular formula is C27H29N3O2. The van der Waals surface area contributed by atoms with Crippen molar-refractivity contribution in [3.8, 4) is 0 Å². The minimum absolute atomic E-state index is 0.101. The van der Waals surface area contributed by atoms with Crippen LogP contribution in [0.25, 0.3) is 0 Å². The first kappa shape index (κ1) is 21.8. The number of benzene rings is 3. The fraction of sp³-hybridized carbons (Fsp3) is 0.259. The Morgan fingerprint density at radius 1 is 0.812 bits per heavy atom. The summed E-state index contributed by atoms with van der Waals surface area (Å²) in [5.74, 6) is -0.205. The van der Waals surface area contributed by atoms with Gasteiger partial charge in [-0.15, -0.1) is 0 Å². The summed E-state index contributed by atoms with van der Waals surface area (Å²) >= 11 is 0. The fourth-order valence-corrected chi connectivity index (χ4v) is 4.01. The number of anilines is 1. The SMILES string of the molecule is CCc1ccc(C(=O)Nc2cccc3c2CCN(NC(=O)c2ccc(CC)cc2)C3)cc1. The third-order valence-electron chi connectivity index (χ3n) is 6.02. The van der Waals surface area contributed by atoms with Gasteiger partial charge in [-0.05, 0) is 71.8 Å². The van der Waals surface area contributed by atoms with Gasteiger partial charge < -0.3 is 5.32 Å². The maximum Gasteiger partial charge on any atom is 0.265 e. The summed E-state index contributed by atoms with van der Waals surface area (Å²) in [5.41, 5.74) is 9.82. The Morgan fingerprint density at radius 2 is 1.41 bits per heavy atom. The molecule has 0 aromatic heterocycles. The van der Waals surface area contributed by atoms with Gasteiger partial charge in [-0.1, -0.05) is 50.2 Å². The highest BCUT2D eigenvalue weighted by molar-refractivity contribution is 6.04. The minimum Gasteiger partial charge on any atom is -0.322 e. The van der Waals surface area contributed by atoms with Crippen LogP contribution in [0.15, 0.2) is 66.7 Å². The normalized spacial score (nSPS) is 13.3. The largest absolute Gasteiger partial charge is 0.322 e. The molecule has 5 heteroatoms. The molecule has 0 atom stereocenters. The monoisotopic (exact) mass is 427 g/mol. The molecule has 0 unspecified atom stereocenters. The lowest BCUT2D eigenvalue weighted by Crippen LogP contribution is -2.45. The molecule has 0 bridgehead atoms. The van der Waals surface area contributed by atoms with Gasteiger partial charge in [-0.2, -0.15) is 0 Å². The average molecular weight is 428 g/mol. The van der Waals surface area contributed by atoms with Crippen LogP contribution in [-0.2, 0) is 25.8 Å². The first-order valence-corrected chi connectivity index (χ1v) is 11.2. The number of fused-ring (bicyclic) bond motifs is 1. The summed E-state index contributed by atoms with van der Waals surface area (Å²) in [6.07, 6.45) is 2.65. The van der Waals surface area contributed by atoms with Crippen LogP contribution < -0.4 is 10.7 Å². The van der Waals surface area contributed by atoms with Crippen LogP contribution in [0.2, 0.25) is 0 Å². The van der Waals surface area contributed by atoms with E-state index in [2.05, 4.69) is 30.7 Å². The molecule has 0 saturated heterocycles. The van der Waals surface area contributed by atoms with Crippen molar-refractivity contribution in [1.82, 2.24) is 10.4 Å². The molecule has 0 aliphatic carbocycles. The van der Waals surface area contributed by atoms with E-state index < -0.39 is 0 Å². The average Bonchev–Trinajstić information content (AvgIpc) is 2.84. The number of carbonyl (C=O) groups is 2. The molecule has 1 aliphatic rings. The van der Waals surface area contributed by atoms with Gasteiger partial charge in [-0.25, -0.2) is 5.01 Å². The number of amides is 2. The number of hydrogen-bond donors (Lipinski definition) is 2. The summed E-state index contributed by atoms with van der Waals surface area (Å²) < 4.78 is 0. The van der Waals surface area contributed by atoms with Crippen molar-refractivity contribution in [2.24, 2.45) is 0 Å². The van der Waals surface area contributed by atoms with E-state index in [9.17, 15) is 9.59 Å². The first-order chi connectivity index (χ1) is 15.6. The second-order valence-corrected chi connectivity index (χ2v) is 8.11. The quantitative estimate of drug-likeness (QED) is 0.596. The Balaban J connectivity index is 1.42. The highest BCUT2D eigenvalue weighted by Crippen LogP contribution is 2.26. The van der Waals surface area contributed by atoms with Gasteiger partial charge in [0.15, 0.2) is 0 Å². The molecule has 0 fully saturated rings. The maximum atomic E-state index is 12.7. The molecule has 164 valence electrons. The topological polar surface area (TPSA) is 61.4 Å². The number of nitrogens with one attached hydrogen (secondary N) is 2. The molecule has 1 heterocycles. The molecule has 3 aromatic rings. The van der Waals surface area contributed by atoms with Gasteiger partial charge >= 0.3 is 0 Å². The second kappa shape index (κ2) is 9.79. The predicted octanol–water partition coefficient (Wildman–Crippen LogP) is 4.77. The fourth-order valence-electron chi connectivity index (χ4n) is 4.01. The molecule has 4 rings (SSSR count). The Morgan fingerprint density at radius 3 is 2.00 bits per heavy atom. The van der Waals surface area contributed by atoms with E-state index in [1.807, 2.05) is 65.7 Å².